The predicted octanol–water partition coefficient (Wildman–Crippen LogP) is 9.45. The van der Waals surface area contributed by atoms with Gasteiger partial charge in [-0.05, 0) is 45.2 Å². The first-order chi connectivity index (χ1) is 18.8. The van der Waals surface area contributed by atoms with Gasteiger partial charge in [0.2, 0.25) is 0 Å². The van der Waals surface area contributed by atoms with Gasteiger partial charge in [-0.1, -0.05) is 133 Å². The number of fused-ring (bicyclic) bond motifs is 2. The van der Waals surface area contributed by atoms with E-state index in [-0.39, 0.29) is 0 Å². The maximum atomic E-state index is 5.19. The van der Waals surface area contributed by atoms with Gasteiger partial charge in [0, 0.05) is 11.1 Å². The Balaban J connectivity index is 1.42. The summed E-state index contributed by atoms with van der Waals surface area (Å²) in [6, 6.07) is 50.8. The molecule has 0 bridgehead atoms. The summed E-state index contributed by atoms with van der Waals surface area (Å²) >= 11 is 0. The van der Waals surface area contributed by atoms with E-state index in [0.717, 1.165) is 39.1 Å². The number of rotatable bonds is 4. The molecule has 0 aliphatic carbocycles. The minimum absolute atomic E-state index is 0.886. The quantitative estimate of drug-likeness (QED) is 0.249. The Morgan fingerprint density at radius 2 is 0.763 bits per heavy atom. The van der Waals surface area contributed by atoms with Crippen molar-refractivity contribution in [1.29, 1.82) is 0 Å². The molecule has 7 rings (SSSR count). The van der Waals surface area contributed by atoms with Crippen LogP contribution in [0.15, 0.2) is 146 Å². The molecule has 2 nitrogen and oxygen atoms in total. The van der Waals surface area contributed by atoms with E-state index in [2.05, 4.69) is 109 Å². The summed E-state index contributed by atoms with van der Waals surface area (Å²) in [5.74, 6) is 0. The van der Waals surface area contributed by atoms with Crippen LogP contribution in [-0.4, -0.2) is 9.97 Å². The Kier molecular flexibility index (Phi) is 5.49. The molecule has 0 aliphatic heterocycles. The standard InChI is InChI=1S/C36H24N2/c1-4-12-25(13-5-1)29-21-22-30(32-19-11-10-18-31(29)32)28-20-23-33-34(24-28)38-36(27-16-8-3-9-17-27)35(37-33)26-14-6-2-7-15-26/h1-24H. The summed E-state index contributed by atoms with van der Waals surface area (Å²) in [4.78, 5) is 10.3. The van der Waals surface area contributed by atoms with Gasteiger partial charge >= 0.3 is 0 Å². The van der Waals surface area contributed by atoms with E-state index in [9.17, 15) is 0 Å². The average molecular weight is 485 g/mol. The van der Waals surface area contributed by atoms with Crippen LogP contribution in [0.4, 0.5) is 0 Å². The lowest BCUT2D eigenvalue weighted by atomic mass is 9.92. The topological polar surface area (TPSA) is 25.8 Å². The van der Waals surface area contributed by atoms with E-state index in [0.29, 0.717) is 0 Å². The first kappa shape index (κ1) is 22.1. The lowest BCUT2D eigenvalue weighted by molar-refractivity contribution is 1.29. The molecule has 0 radical (unpaired) electrons. The zero-order chi connectivity index (χ0) is 25.3. The third kappa shape index (κ3) is 3.93. The SMILES string of the molecule is c1ccc(-c2nc3ccc(-c4ccc(-c5ccccc5)c5ccccc45)cc3nc2-c2ccccc2)cc1. The van der Waals surface area contributed by atoms with E-state index in [1.54, 1.807) is 0 Å². The Hall–Kier alpha value is -5.08. The zero-order valence-electron chi connectivity index (χ0n) is 20.8. The van der Waals surface area contributed by atoms with Crippen LogP contribution in [0.1, 0.15) is 0 Å². The van der Waals surface area contributed by atoms with Crippen LogP contribution in [0.25, 0.3) is 66.6 Å². The molecular formula is C36H24N2. The highest BCUT2D eigenvalue weighted by molar-refractivity contribution is 6.05. The summed E-state index contributed by atoms with van der Waals surface area (Å²) in [7, 11) is 0. The fourth-order valence-corrected chi connectivity index (χ4v) is 5.24. The molecule has 178 valence electrons. The summed E-state index contributed by atoms with van der Waals surface area (Å²) in [6.07, 6.45) is 0. The molecule has 1 heterocycles. The Morgan fingerprint density at radius 3 is 1.32 bits per heavy atom. The van der Waals surface area contributed by atoms with Crippen LogP contribution in [0.5, 0.6) is 0 Å². The summed E-state index contributed by atoms with van der Waals surface area (Å²) in [6.45, 7) is 0. The first-order valence-corrected chi connectivity index (χ1v) is 12.9. The number of hydrogen-bond donors (Lipinski definition) is 0. The second-order valence-corrected chi connectivity index (χ2v) is 9.43. The number of aromatic nitrogens is 2. The van der Waals surface area contributed by atoms with Crippen LogP contribution < -0.4 is 0 Å². The average Bonchev–Trinajstić information content (AvgIpc) is 3.01. The maximum Gasteiger partial charge on any atom is 0.0973 e. The molecule has 0 N–H and O–H groups in total. The molecule has 0 unspecified atom stereocenters. The Bertz CT molecular complexity index is 1890. The summed E-state index contributed by atoms with van der Waals surface area (Å²) in [5.41, 5.74) is 10.5. The van der Waals surface area contributed by atoms with Gasteiger partial charge in [0.05, 0.1) is 22.4 Å². The lowest BCUT2D eigenvalue weighted by Crippen LogP contribution is -1.96. The van der Waals surface area contributed by atoms with Crippen molar-refractivity contribution in [2.75, 3.05) is 0 Å². The van der Waals surface area contributed by atoms with Gasteiger partial charge in [0.15, 0.2) is 0 Å². The smallest absolute Gasteiger partial charge is 0.0973 e. The normalized spacial score (nSPS) is 11.2. The van der Waals surface area contributed by atoms with Crippen molar-refractivity contribution in [2.24, 2.45) is 0 Å². The molecule has 2 heteroatoms. The second-order valence-electron chi connectivity index (χ2n) is 9.43. The first-order valence-electron chi connectivity index (χ1n) is 12.9. The van der Waals surface area contributed by atoms with E-state index >= 15 is 0 Å². The molecule has 1 aromatic heterocycles. The maximum absolute atomic E-state index is 5.19. The largest absolute Gasteiger partial charge is 0.244 e. The number of hydrogen-bond acceptors (Lipinski definition) is 2. The van der Waals surface area contributed by atoms with Gasteiger partial charge in [-0.25, -0.2) is 9.97 Å². The molecule has 0 aliphatic rings. The molecule has 0 spiro atoms. The molecule has 0 saturated heterocycles. The monoisotopic (exact) mass is 484 g/mol. The van der Waals surface area contributed by atoms with Crippen molar-refractivity contribution < 1.29 is 0 Å². The molecule has 0 fully saturated rings. The van der Waals surface area contributed by atoms with Crippen molar-refractivity contribution in [3.63, 3.8) is 0 Å². The predicted molar refractivity (Wildman–Crippen MR) is 159 cm³/mol. The van der Waals surface area contributed by atoms with Crippen LogP contribution in [0.3, 0.4) is 0 Å². The van der Waals surface area contributed by atoms with E-state index in [4.69, 9.17) is 9.97 Å². The van der Waals surface area contributed by atoms with Gasteiger partial charge < -0.3 is 0 Å². The van der Waals surface area contributed by atoms with Gasteiger partial charge in [-0.3, -0.25) is 0 Å². The molecular weight excluding hydrogens is 460 g/mol. The molecule has 0 atom stereocenters. The fourth-order valence-electron chi connectivity index (χ4n) is 5.24. The third-order valence-electron chi connectivity index (χ3n) is 7.08. The van der Waals surface area contributed by atoms with Crippen molar-refractivity contribution in [2.45, 2.75) is 0 Å². The number of benzene rings is 6. The van der Waals surface area contributed by atoms with Gasteiger partial charge in [-0.15, -0.1) is 0 Å². The number of nitrogens with zero attached hydrogens (tertiary/aromatic N) is 2. The highest BCUT2D eigenvalue weighted by Crippen LogP contribution is 2.37. The molecule has 38 heavy (non-hydrogen) atoms. The van der Waals surface area contributed by atoms with Crippen molar-refractivity contribution in [1.82, 2.24) is 9.97 Å². The minimum Gasteiger partial charge on any atom is -0.244 e. The lowest BCUT2D eigenvalue weighted by Gasteiger charge is -2.14. The van der Waals surface area contributed by atoms with E-state index in [1.807, 2.05) is 36.4 Å². The van der Waals surface area contributed by atoms with E-state index < -0.39 is 0 Å². The second kappa shape index (κ2) is 9.42. The van der Waals surface area contributed by atoms with Gasteiger partial charge in [-0.2, -0.15) is 0 Å². The van der Waals surface area contributed by atoms with Gasteiger partial charge in [0.25, 0.3) is 0 Å². The van der Waals surface area contributed by atoms with Crippen molar-refractivity contribution in [3.05, 3.63) is 146 Å². The van der Waals surface area contributed by atoms with Crippen LogP contribution in [-0.2, 0) is 0 Å². The summed E-state index contributed by atoms with van der Waals surface area (Å²) in [5, 5.41) is 2.47. The van der Waals surface area contributed by atoms with Gasteiger partial charge in [0.1, 0.15) is 0 Å². The summed E-state index contributed by atoms with van der Waals surface area (Å²) < 4.78 is 0. The molecule has 0 amide bonds. The molecule has 6 aromatic carbocycles. The molecule has 0 saturated carbocycles. The Labute approximate surface area is 221 Å². The van der Waals surface area contributed by atoms with Crippen molar-refractivity contribution in [3.8, 4) is 44.8 Å². The zero-order valence-corrected chi connectivity index (χ0v) is 20.8. The third-order valence-corrected chi connectivity index (χ3v) is 7.08. The van der Waals surface area contributed by atoms with Crippen LogP contribution in [0.2, 0.25) is 0 Å². The fraction of sp³-hybridized carbons (Fsp3) is 0. The van der Waals surface area contributed by atoms with Crippen molar-refractivity contribution >= 4 is 21.8 Å². The minimum atomic E-state index is 0.886. The van der Waals surface area contributed by atoms with Crippen LogP contribution in [0, 0.1) is 0 Å². The van der Waals surface area contributed by atoms with E-state index in [1.165, 1.54) is 27.5 Å². The highest BCUT2D eigenvalue weighted by Gasteiger charge is 2.15. The molecule has 7 aromatic rings. The van der Waals surface area contributed by atoms with Crippen LogP contribution >= 0.6 is 0 Å². The Morgan fingerprint density at radius 1 is 0.316 bits per heavy atom. The highest BCUT2D eigenvalue weighted by atomic mass is 14.8.